The zero-order valence-corrected chi connectivity index (χ0v) is 12.7. The van der Waals surface area contributed by atoms with E-state index < -0.39 is 0 Å². The van der Waals surface area contributed by atoms with Crippen LogP contribution >= 0.6 is 11.6 Å². The zero-order valence-electron chi connectivity index (χ0n) is 12.0. The SMILES string of the molecule is CCn1nc(C)c(Cl)c1CNC1Cc2ccccc2C1. The minimum absolute atomic E-state index is 0.504. The van der Waals surface area contributed by atoms with Crippen molar-refractivity contribution < 1.29 is 0 Å². The van der Waals surface area contributed by atoms with E-state index in [0.717, 1.165) is 42.3 Å². The quantitative estimate of drug-likeness (QED) is 0.937. The molecule has 1 aliphatic rings. The van der Waals surface area contributed by atoms with Crippen LogP contribution in [0, 0.1) is 6.92 Å². The van der Waals surface area contributed by atoms with Gasteiger partial charge in [0.25, 0.3) is 0 Å². The summed E-state index contributed by atoms with van der Waals surface area (Å²) in [5.74, 6) is 0. The molecular formula is C16H20ClN3. The predicted octanol–water partition coefficient (Wildman–Crippen LogP) is 3.12. The molecule has 1 heterocycles. The van der Waals surface area contributed by atoms with E-state index in [9.17, 15) is 0 Å². The molecule has 0 amide bonds. The third kappa shape index (κ3) is 2.48. The Hall–Kier alpha value is -1.32. The number of aromatic nitrogens is 2. The lowest BCUT2D eigenvalue weighted by molar-refractivity contribution is 0.505. The van der Waals surface area contributed by atoms with E-state index in [2.05, 4.69) is 41.6 Å². The number of hydrogen-bond acceptors (Lipinski definition) is 2. The Bertz CT molecular complexity index is 593. The minimum Gasteiger partial charge on any atom is -0.308 e. The van der Waals surface area contributed by atoms with Gasteiger partial charge in [0.15, 0.2) is 0 Å². The highest BCUT2D eigenvalue weighted by Gasteiger charge is 2.21. The molecule has 1 aliphatic carbocycles. The molecule has 1 aromatic heterocycles. The lowest BCUT2D eigenvalue weighted by atomic mass is 10.1. The van der Waals surface area contributed by atoms with Crippen molar-refractivity contribution in [1.82, 2.24) is 15.1 Å². The molecule has 4 heteroatoms. The van der Waals surface area contributed by atoms with Gasteiger partial charge in [0, 0.05) is 19.1 Å². The van der Waals surface area contributed by atoms with Gasteiger partial charge < -0.3 is 5.32 Å². The first-order valence-electron chi connectivity index (χ1n) is 7.21. The molecule has 3 rings (SSSR count). The molecule has 0 saturated heterocycles. The smallest absolute Gasteiger partial charge is 0.0860 e. The Labute approximate surface area is 124 Å². The molecule has 2 aromatic rings. The summed E-state index contributed by atoms with van der Waals surface area (Å²) >= 11 is 6.34. The lowest BCUT2D eigenvalue weighted by Gasteiger charge is -2.13. The molecule has 0 radical (unpaired) electrons. The Morgan fingerprint density at radius 1 is 1.30 bits per heavy atom. The van der Waals surface area contributed by atoms with Crippen LogP contribution in [0.25, 0.3) is 0 Å². The Kier molecular flexibility index (Phi) is 3.81. The Morgan fingerprint density at radius 3 is 2.55 bits per heavy atom. The van der Waals surface area contributed by atoms with Gasteiger partial charge in [-0.05, 0) is 37.8 Å². The van der Waals surface area contributed by atoms with E-state index in [4.69, 9.17) is 11.6 Å². The van der Waals surface area contributed by atoms with Gasteiger partial charge in [-0.3, -0.25) is 4.68 Å². The third-order valence-electron chi connectivity index (χ3n) is 4.06. The van der Waals surface area contributed by atoms with Crippen LogP contribution in [0.1, 0.15) is 29.4 Å². The fourth-order valence-corrected chi connectivity index (χ4v) is 3.18. The van der Waals surface area contributed by atoms with Crippen LogP contribution in [0.15, 0.2) is 24.3 Å². The van der Waals surface area contributed by atoms with Gasteiger partial charge in [0.1, 0.15) is 0 Å². The summed E-state index contributed by atoms with van der Waals surface area (Å²) in [5, 5.41) is 8.89. The van der Waals surface area contributed by atoms with Crippen LogP contribution < -0.4 is 5.32 Å². The first-order valence-corrected chi connectivity index (χ1v) is 7.58. The van der Waals surface area contributed by atoms with E-state index in [1.165, 1.54) is 11.1 Å². The average molecular weight is 290 g/mol. The van der Waals surface area contributed by atoms with E-state index in [-0.39, 0.29) is 0 Å². The summed E-state index contributed by atoms with van der Waals surface area (Å²) in [7, 11) is 0. The van der Waals surface area contributed by atoms with Crippen molar-refractivity contribution in [1.29, 1.82) is 0 Å². The van der Waals surface area contributed by atoms with Crippen LogP contribution in [0.5, 0.6) is 0 Å². The third-order valence-corrected chi connectivity index (χ3v) is 4.55. The first kappa shape index (κ1) is 13.7. The largest absolute Gasteiger partial charge is 0.308 e. The van der Waals surface area contributed by atoms with E-state index in [0.29, 0.717) is 6.04 Å². The van der Waals surface area contributed by atoms with Crippen LogP contribution in [0.4, 0.5) is 0 Å². The van der Waals surface area contributed by atoms with Crippen molar-refractivity contribution in [3.8, 4) is 0 Å². The molecule has 0 unspecified atom stereocenters. The van der Waals surface area contributed by atoms with Crippen molar-refractivity contribution in [2.24, 2.45) is 0 Å². The molecular weight excluding hydrogens is 270 g/mol. The van der Waals surface area contributed by atoms with Gasteiger partial charge in [0.2, 0.25) is 0 Å². The Balaban J connectivity index is 1.67. The molecule has 20 heavy (non-hydrogen) atoms. The maximum Gasteiger partial charge on any atom is 0.0860 e. The molecule has 106 valence electrons. The standard InChI is InChI=1S/C16H20ClN3/c1-3-20-15(16(17)11(2)19-20)10-18-14-8-12-6-4-5-7-13(12)9-14/h4-7,14,18H,3,8-10H2,1-2H3. The summed E-state index contributed by atoms with van der Waals surface area (Å²) in [4.78, 5) is 0. The summed E-state index contributed by atoms with van der Waals surface area (Å²) in [6.45, 7) is 5.70. The first-order chi connectivity index (χ1) is 9.69. The molecule has 0 aliphatic heterocycles. The van der Waals surface area contributed by atoms with E-state index >= 15 is 0 Å². The molecule has 0 bridgehead atoms. The topological polar surface area (TPSA) is 29.9 Å². The number of halogens is 1. The molecule has 3 nitrogen and oxygen atoms in total. The minimum atomic E-state index is 0.504. The van der Waals surface area contributed by atoms with Gasteiger partial charge in [-0.15, -0.1) is 0 Å². The fourth-order valence-electron chi connectivity index (χ4n) is 2.98. The predicted molar refractivity (Wildman–Crippen MR) is 82.1 cm³/mol. The highest BCUT2D eigenvalue weighted by atomic mass is 35.5. The van der Waals surface area contributed by atoms with Crippen LogP contribution in [-0.2, 0) is 25.9 Å². The van der Waals surface area contributed by atoms with Gasteiger partial charge in [-0.1, -0.05) is 35.9 Å². The zero-order chi connectivity index (χ0) is 14.1. The van der Waals surface area contributed by atoms with Crippen LogP contribution in [0.2, 0.25) is 5.02 Å². The van der Waals surface area contributed by atoms with Gasteiger partial charge in [-0.2, -0.15) is 5.10 Å². The fraction of sp³-hybridized carbons (Fsp3) is 0.438. The maximum atomic E-state index is 6.34. The number of benzene rings is 1. The number of rotatable bonds is 4. The molecule has 1 aromatic carbocycles. The molecule has 0 saturated carbocycles. The van der Waals surface area contributed by atoms with Crippen molar-refractivity contribution >= 4 is 11.6 Å². The highest BCUT2D eigenvalue weighted by molar-refractivity contribution is 6.31. The molecule has 0 atom stereocenters. The number of hydrogen-bond donors (Lipinski definition) is 1. The van der Waals surface area contributed by atoms with Crippen molar-refractivity contribution in [2.45, 2.75) is 45.8 Å². The average Bonchev–Trinajstić information content (AvgIpc) is 2.98. The second kappa shape index (κ2) is 5.58. The second-order valence-corrected chi connectivity index (χ2v) is 5.79. The number of nitrogens with one attached hydrogen (secondary N) is 1. The van der Waals surface area contributed by atoms with Crippen LogP contribution in [-0.4, -0.2) is 15.8 Å². The van der Waals surface area contributed by atoms with Gasteiger partial charge in [0.05, 0.1) is 16.4 Å². The highest BCUT2D eigenvalue weighted by Crippen LogP contribution is 2.24. The summed E-state index contributed by atoms with van der Waals surface area (Å²) < 4.78 is 1.99. The molecule has 1 N–H and O–H groups in total. The summed E-state index contributed by atoms with van der Waals surface area (Å²) in [5.41, 5.74) is 4.95. The summed E-state index contributed by atoms with van der Waals surface area (Å²) in [6.07, 6.45) is 2.21. The number of aryl methyl sites for hydroxylation is 2. The van der Waals surface area contributed by atoms with E-state index in [1.807, 2.05) is 11.6 Å². The second-order valence-electron chi connectivity index (χ2n) is 5.42. The van der Waals surface area contributed by atoms with Crippen molar-refractivity contribution in [2.75, 3.05) is 0 Å². The monoisotopic (exact) mass is 289 g/mol. The van der Waals surface area contributed by atoms with Crippen molar-refractivity contribution in [3.05, 3.63) is 51.8 Å². The Morgan fingerprint density at radius 2 is 1.95 bits per heavy atom. The van der Waals surface area contributed by atoms with Gasteiger partial charge in [-0.25, -0.2) is 0 Å². The normalized spacial score (nSPS) is 14.8. The molecule has 0 fully saturated rings. The van der Waals surface area contributed by atoms with Crippen molar-refractivity contribution in [3.63, 3.8) is 0 Å². The summed E-state index contributed by atoms with van der Waals surface area (Å²) in [6, 6.07) is 9.19. The maximum absolute atomic E-state index is 6.34. The van der Waals surface area contributed by atoms with Gasteiger partial charge >= 0.3 is 0 Å². The number of nitrogens with zero attached hydrogens (tertiary/aromatic N) is 2. The number of fused-ring (bicyclic) bond motifs is 1. The van der Waals surface area contributed by atoms with Crippen LogP contribution in [0.3, 0.4) is 0 Å². The lowest BCUT2D eigenvalue weighted by Crippen LogP contribution is -2.30. The molecule has 0 spiro atoms. The van der Waals surface area contributed by atoms with E-state index in [1.54, 1.807) is 0 Å².